The van der Waals surface area contributed by atoms with Crippen LogP contribution in [0.15, 0.2) is 54.6 Å². The number of carbonyl (C=O) groups is 1. The Morgan fingerprint density at radius 1 is 0.950 bits per heavy atom. The van der Waals surface area contributed by atoms with Crippen LogP contribution in [0.1, 0.15) is 21.5 Å². The minimum absolute atomic E-state index is 0.203. The summed E-state index contributed by atoms with van der Waals surface area (Å²) >= 11 is 0. The van der Waals surface area contributed by atoms with Gasteiger partial charge in [-0.1, -0.05) is 30.3 Å². The second kappa shape index (κ2) is 5.77. The van der Waals surface area contributed by atoms with Crippen LogP contribution in [0.4, 0.5) is 13.2 Å². The van der Waals surface area contributed by atoms with Crippen molar-refractivity contribution in [1.82, 2.24) is 5.32 Å². The largest absolute Gasteiger partial charge is 0.416 e. The van der Waals surface area contributed by atoms with Gasteiger partial charge in [-0.05, 0) is 29.8 Å². The summed E-state index contributed by atoms with van der Waals surface area (Å²) in [5.74, 6) is -0.400. The van der Waals surface area contributed by atoms with E-state index in [9.17, 15) is 18.0 Å². The maximum Gasteiger partial charge on any atom is 0.416 e. The fraction of sp³-hybridized carbons (Fsp3) is 0.133. The summed E-state index contributed by atoms with van der Waals surface area (Å²) in [6.07, 6.45) is -4.39. The summed E-state index contributed by atoms with van der Waals surface area (Å²) < 4.78 is 37.2. The molecule has 0 aromatic heterocycles. The van der Waals surface area contributed by atoms with Crippen LogP contribution >= 0.6 is 0 Å². The molecule has 0 bridgehead atoms. The minimum Gasteiger partial charge on any atom is -0.348 e. The molecule has 0 atom stereocenters. The Bertz CT molecular complexity index is 576. The number of halogens is 3. The smallest absolute Gasteiger partial charge is 0.348 e. The molecular formula is C15H12F3NO. The molecule has 0 saturated heterocycles. The summed E-state index contributed by atoms with van der Waals surface area (Å²) in [6, 6.07) is 13.4. The number of carbonyl (C=O) groups excluding carboxylic acids is 1. The highest BCUT2D eigenvalue weighted by Gasteiger charge is 2.30. The van der Waals surface area contributed by atoms with Crippen molar-refractivity contribution in [3.05, 3.63) is 71.3 Å². The van der Waals surface area contributed by atoms with Gasteiger partial charge in [0.2, 0.25) is 0 Å². The fourth-order valence-electron chi connectivity index (χ4n) is 1.69. The predicted octanol–water partition coefficient (Wildman–Crippen LogP) is 3.64. The average molecular weight is 278 g/mol. The van der Waals surface area contributed by atoms with Crippen LogP contribution in [0, 0.1) is 0 Å². The van der Waals surface area contributed by atoms with Gasteiger partial charge in [-0.25, -0.2) is 0 Å². The number of hydrogen-bond acceptors (Lipinski definition) is 1. The van der Waals surface area contributed by atoms with Gasteiger partial charge in [-0.2, -0.15) is 13.2 Å². The lowest BCUT2D eigenvalue weighted by Crippen LogP contribution is -2.22. The zero-order valence-corrected chi connectivity index (χ0v) is 10.4. The van der Waals surface area contributed by atoms with Crippen molar-refractivity contribution in [2.75, 3.05) is 0 Å². The third-order valence-electron chi connectivity index (χ3n) is 2.77. The molecule has 1 amide bonds. The predicted molar refractivity (Wildman–Crippen MR) is 69.1 cm³/mol. The summed E-state index contributed by atoms with van der Waals surface area (Å²) in [5, 5.41) is 2.65. The second-order valence-corrected chi connectivity index (χ2v) is 4.24. The zero-order chi connectivity index (χ0) is 14.6. The highest BCUT2D eigenvalue weighted by molar-refractivity contribution is 5.94. The maximum atomic E-state index is 12.4. The normalized spacial score (nSPS) is 11.2. The molecular weight excluding hydrogens is 266 g/mol. The maximum absolute atomic E-state index is 12.4. The lowest BCUT2D eigenvalue weighted by atomic mass is 9.75. The summed E-state index contributed by atoms with van der Waals surface area (Å²) in [6.45, 7) is 0.334. The Hall–Kier alpha value is -2.30. The Kier molecular flexibility index (Phi) is 4.08. The number of rotatable bonds is 3. The standard InChI is InChI=1S/C15H12F3NO/c16-15(17,18)13-8-6-12(7-9-13)14(20)19-10-11-4-2-1-3-5-11/h1-9H,10H2,(H,19,20)/i12-1. The molecule has 2 rings (SSSR count). The first-order valence-electron chi connectivity index (χ1n) is 5.96. The van der Waals surface area contributed by atoms with E-state index in [0.29, 0.717) is 6.54 Å². The van der Waals surface area contributed by atoms with E-state index in [0.717, 1.165) is 17.7 Å². The quantitative estimate of drug-likeness (QED) is 0.912. The molecule has 0 aliphatic rings. The lowest BCUT2D eigenvalue weighted by molar-refractivity contribution is -0.137. The first-order valence-corrected chi connectivity index (χ1v) is 5.96. The van der Waals surface area contributed by atoms with Crippen LogP contribution in [0.3, 0.4) is 0 Å². The van der Waals surface area contributed by atoms with E-state index in [1.54, 1.807) is 0 Å². The van der Waals surface area contributed by atoms with Crippen molar-refractivity contribution < 1.29 is 18.0 Å². The van der Waals surface area contributed by atoms with Gasteiger partial charge < -0.3 is 5.32 Å². The van der Waals surface area contributed by atoms with Crippen LogP contribution in [-0.4, -0.2) is 5.91 Å². The molecule has 5 heteroatoms. The van der Waals surface area contributed by atoms with E-state index in [2.05, 4.69) is 5.32 Å². The fourth-order valence-corrected chi connectivity index (χ4v) is 1.69. The molecule has 0 aliphatic carbocycles. The van der Waals surface area contributed by atoms with E-state index in [-0.39, 0.29) is 5.56 Å². The van der Waals surface area contributed by atoms with Crippen molar-refractivity contribution in [1.29, 1.82) is 0 Å². The third kappa shape index (κ3) is 3.60. The summed E-state index contributed by atoms with van der Waals surface area (Å²) in [7, 11) is 0. The van der Waals surface area contributed by atoms with Gasteiger partial charge in [0, 0.05) is 12.1 Å². The van der Waals surface area contributed by atoms with Gasteiger partial charge in [0.25, 0.3) is 5.91 Å². The van der Waals surface area contributed by atoms with Crippen molar-refractivity contribution in [3.63, 3.8) is 0 Å². The van der Waals surface area contributed by atoms with Gasteiger partial charge in [-0.3, -0.25) is 4.79 Å². The molecule has 1 N–H and O–H groups in total. The van der Waals surface area contributed by atoms with Crippen LogP contribution in [0.2, 0.25) is 0 Å². The molecule has 0 saturated carbocycles. The minimum atomic E-state index is -4.39. The molecule has 104 valence electrons. The van der Waals surface area contributed by atoms with Gasteiger partial charge in [0.15, 0.2) is 0 Å². The average Bonchev–Trinajstić information content (AvgIpc) is 2.45. The molecule has 0 unspecified atom stereocenters. The zero-order valence-electron chi connectivity index (χ0n) is 10.4. The van der Waals surface area contributed by atoms with Crippen LogP contribution in [0.5, 0.6) is 0 Å². The van der Waals surface area contributed by atoms with Crippen LogP contribution < -0.4 is 5.32 Å². The van der Waals surface area contributed by atoms with Gasteiger partial charge in [-0.15, -0.1) is 0 Å². The van der Waals surface area contributed by atoms with E-state index in [4.69, 9.17) is 0 Å². The Morgan fingerprint density at radius 3 is 2.10 bits per heavy atom. The first kappa shape index (κ1) is 14.1. The molecule has 2 aromatic carbocycles. The van der Waals surface area contributed by atoms with E-state index < -0.39 is 17.6 Å². The van der Waals surface area contributed by atoms with Crippen LogP contribution in [0.25, 0.3) is 0 Å². The molecule has 0 fully saturated rings. The van der Waals surface area contributed by atoms with Crippen molar-refractivity contribution in [2.45, 2.75) is 12.7 Å². The Balaban J connectivity index is 1.99. The number of amides is 1. The van der Waals surface area contributed by atoms with Gasteiger partial charge >= 0.3 is 6.18 Å². The van der Waals surface area contributed by atoms with Gasteiger partial charge in [0.1, 0.15) is 0 Å². The first-order chi connectivity index (χ1) is 9.47. The molecule has 2 nitrogen and oxygen atoms in total. The molecule has 0 heterocycles. The highest BCUT2D eigenvalue weighted by Crippen LogP contribution is 2.29. The number of nitrogens with one attached hydrogen (secondary N) is 1. The van der Waals surface area contributed by atoms with E-state index in [1.807, 2.05) is 30.3 Å². The van der Waals surface area contributed by atoms with Crippen molar-refractivity contribution in [3.8, 4) is 0 Å². The van der Waals surface area contributed by atoms with Gasteiger partial charge in [0.05, 0.1) is 5.56 Å². The number of hydrogen-bond donors (Lipinski definition) is 1. The number of alkyl halides is 3. The molecule has 0 aliphatic heterocycles. The Morgan fingerprint density at radius 2 is 1.55 bits per heavy atom. The monoisotopic (exact) mass is 278 g/mol. The second-order valence-electron chi connectivity index (χ2n) is 4.24. The highest BCUT2D eigenvalue weighted by atomic mass is 19.4. The van der Waals surface area contributed by atoms with Crippen molar-refractivity contribution >= 4 is 5.91 Å². The Labute approximate surface area is 114 Å². The molecule has 20 heavy (non-hydrogen) atoms. The van der Waals surface area contributed by atoms with E-state index >= 15 is 0 Å². The summed E-state index contributed by atoms with van der Waals surface area (Å²) in [5.41, 5.74) is 0.360. The van der Waals surface area contributed by atoms with Crippen LogP contribution in [-0.2, 0) is 12.7 Å². The number of benzene rings is 2. The molecule has 2 aromatic rings. The van der Waals surface area contributed by atoms with E-state index in [1.165, 1.54) is 12.1 Å². The molecule has 0 radical (unpaired) electrons. The summed E-state index contributed by atoms with van der Waals surface area (Å²) in [4.78, 5) is 11.8. The SMILES string of the molecule is O=C(NCc1ccccc1)[11c]1ccc(C(F)(F)F)cc1. The third-order valence-corrected chi connectivity index (χ3v) is 2.77. The molecule has 0 spiro atoms. The topological polar surface area (TPSA) is 29.1 Å². The lowest BCUT2D eigenvalue weighted by Gasteiger charge is -2.08. The van der Waals surface area contributed by atoms with Crippen molar-refractivity contribution in [2.24, 2.45) is 0 Å².